The van der Waals surface area contributed by atoms with E-state index in [9.17, 15) is 14.4 Å². The zero-order valence-electron chi connectivity index (χ0n) is 14.9. The summed E-state index contributed by atoms with van der Waals surface area (Å²) in [7, 11) is 0. The Morgan fingerprint density at radius 1 is 1.19 bits per heavy atom. The third kappa shape index (κ3) is 4.53. The van der Waals surface area contributed by atoms with E-state index in [-0.39, 0.29) is 24.1 Å². The third-order valence-corrected chi connectivity index (χ3v) is 4.82. The lowest BCUT2D eigenvalue weighted by Gasteiger charge is -2.15. The lowest BCUT2D eigenvalue weighted by molar-refractivity contribution is -0.674. The largest absolute Gasteiger partial charge is 0.335 e. The molecule has 0 spiro atoms. The number of quaternary nitrogens is 1. The van der Waals surface area contributed by atoms with Crippen molar-refractivity contribution in [1.82, 2.24) is 0 Å². The zero-order chi connectivity index (χ0) is 19.4. The number of benzene rings is 2. The predicted octanol–water partition coefficient (Wildman–Crippen LogP) is 1.74. The fourth-order valence-corrected chi connectivity index (χ4v) is 3.38. The molecule has 0 unspecified atom stereocenters. The first-order valence-corrected chi connectivity index (χ1v) is 9.14. The number of halogens is 1. The minimum Gasteiger partial charge on any atom is -0.335 e. The molecule has 1 aliphatic rings. The van der Waals surface area contributed by atoms with Crippen LogP contribution in [0, 0.1) is 0 Å². The average Bonchev–Trinajstić information content (AvgIpc) is 2.91. The molecular formula is C20H21ClN3O3+. The molecule has 0 aromatic heterocycles. The molecule has 1 atom stereocenters. The van der Waals surface area contributed by atoms with E-state index in [1.54, 1.807) is 24.3 Å². The summed E-state index contributed by atoms with van der Waals surface area (Å²) in [6.07, 6.45) is 0.901. The fraction of sp³-hybridized carbons (Fsp3) is 0.250. The van der Waals surface area contributed by atoms with Crippen molar-refractivity contribution in [2.45, 2.75) is 25.8 Å². The van der Waals surface area contributed by atoms with E-state index < -0.39 is 6.04 Å². The molecule has 6 nitrogen and oxygen atoms in total. The molecule has 2 aromatic carbocycles. The maximum Gasteiger partial charge on any atom is 0.292 e. The van der Waals surface area contributed by atoms with E-state index in [0.29, 0.717) is 22.9 Å². The van der Waals surface area contributed by atoms with Crippen LogP contribution in [-0.4, -0.2) is 30.3 Å². The van der Waals surface area contributed by atoms with E-state index in [1.807, 2.05) is 29.6 Å². The number of carbonyl (C=O) groups is 3. The first kappa shape index (κ1) is 19.1. The molecule has 27 heavy (non-hydrogen) atoms. The Labute approximate surface area is 162 Å². The van der Waals surface area contributed by atoms with Crippen LogP contribution in [0.2, 0.25) is 5.02 Å². The van der Waals surface area contributed by atoms with Crippen LogP contribution in [0.5, 0.6) is 0 Å². The molecule has 140 valence electrons. The fourth-order valence-electron chi connectivity index (χ4n) is 3.15. The predicted molar refractivity (Wildman–Crippen MR) is 104 cm³/mol. The summed E-state index contributed by atoms with van der Waals surface area (Å²) < 4.78 is 0. The topological polar surface area (TPSA) is 83.1 Å². The molecule has 0 radical (unpaired) electrons. The highest BCUT2D eigenvalue weighted by molar-refractivity contribution is 6.31. The molecule has 0 aliphatic carbocycles. The number of carbonyl (C=O) groups excluding carboxylic acids is 3. The summed E-state index contributed by atoms with van der Waals surface area (Å²) in [4.78, 5) is 37.3. The Morgan fingerprint density at radius 2 is 1.89 bits per heavy atom. The Morgan fingerprint density at radius 3 is 2.56 bits per heavy atom. The quantitative estimate of drug-likeness (QED) is 0.742. The van der Waals surface area contributed by atoms with Crippen molar-refractivity contribution in [2.75, 3.05) is 16.8 Å². The number of nitrogens with zero attached hydrogens (tertiary/aromatic N) is 1. The van der Waals surface area contributed by atoms with Crippen LogP contribution in [0.4, 0.5) is 11.4 Å². The van der Waals surface area contributed by atoms with Crippen molar-refractivity contribution < 1.29 is 19.7 Å². The highest BCUT2D eigenvalue weighted by atomic mass is 35.5. The van der Waals surface area contributed by atoms with Gasteiger partial charge in [-0.2, -0.15) is 0 Å². The summed E-state index contributed by atoms with van der Waals surface area (Å²) in [5.74, 6) is -0.609. The van der Waals surface area contributed by atoms with Gasteiger partial charge in [0, 0.05) is 24.1 Å². The van der Waals surface area contributed by atoms with Gasteiger partial charge in [-0.25, -0.2) is 4.90 Å². The Kier molecular flexibility index (Phi) is 5.88. The maximum atomic E-state index is 12.7. The summed E-state index contributed by atoms with van der Waals surface area (Å²) in [6.45, 7) is 2.09. The molecule has 3 N–H and O–H groups in total. The molecule has 3 rings (SSSR count). The van der Waals surface area contributed by atoms with Crippen molar-refractivity contribution >= 4 is 40.7 Å². The Balaban J connectivity index is 1.61. The molecular weight excluding hydrogens is 366 g/mol. The summed E-state index contributed by atoms with van der Waals surface area (Å²) >= 11 is 6.15. The summed E-state index contributed by atoms with van der Waals surface area (Å²) in [5, 5.41) is 5.26. The first-order valence-electron chi connectivity index (χ1n) is 8.77. The highest BCUT2D eigenvalue weighted by Gasteiger charge is 2.42. The summed E-state index contributed by atoms with van der Waals surface area (Å²) in [6, 6.07) is 13.9. The van der Waals surface area contributed by atoms with Crippen LogP contribution >= 0.6 is 11.6 Å². The van der Waals surface area contributed by atoms with Crippen LogP contribution in [0.1, 0.15) is 18.9 Å². The SMILES string of the molecule is CC(=O)Nc1ccc(N2C(=O)C[C@H]([NH2+]CCc3ccccc3Cl)C2=O)cc1. The molecule has 1 fully saturated rings. The number of imide groups is 1. The number of nitrogens with one attached hydrogen (secondary N) is 1. The van der Waals surface area contributed by atoms with E-state index in [1.165, 1.54) is 11.8 Å². The summed E-state index contributed by atoms with van der Waals surface area (Å²) in [5.41, 5.74) is 2.16. The zero-order valence-corrected chi connectivity index (χ0v) is 15.7. The maximum absolute atomic E-state index is 12.7. The standard InChI is InChI=1S/C20H20ClN3O3/c1-13(25)23-15-6-8-16(9-7-15)24-19(26)12-18(20(24)27)22-11-10-14-4-2-3-5-17(14)21/h2-9,18,22H,10-12H2,1H3,(H,23,25)/p+1/t18-/m0/s1. The molecule has 3 amide bonds. The van der Waals surface area contributed by atoms with Crippen LogP contribution in [-0.2, 0) is 20.8 Å². The number of amides is 3. The number of hydrogen-bond acceptors (Lipinski definition) is 3. The molecule has 7 heteroatoms. The third-order valence-electron chi connectivity index (χ3n) is 4.45. The molecule has 0 bridgehead atoms. The van der Waals surface area contributed by atoms with E-state index >= 15 is 0 Å². The molecule has 2 aromatic rings. The van der Waals surface area contributed by atoms with Gasteiger partial charge in [0.25, 0.3) is 5.91 Å². The van der Waals surface area contributed by atoms with Crippen molar-refractivity contribution in [2.24, 2.45) is 0 Å². The van der Waals surface area contributed by atoms with Crippen molar-refractivity contribution in [3.05, 3.63) is 59.1 Å². The lowest BCUT2D eigenvalue weighted by atomic mass is 10.1. The molecule has 1 heterocycles. The second kappa shape index (κ2) is 8.33. The lowest BCUT2D eigenvalue weighted by Crippen LogP contribution is -2.92. The number of anilines is 2. The second-order valence-corrected chi connectivity index (χ2v) is 6.88. The number of hydrogen-bond donors (Lipinski definition) is 2. The average molecular weight is 387 g/mol. The Hall–Kier alpha value is -2.70. The monoisotopic (exact) mass is 386 g/mol. The second-order valence-electron chi connectivity index (χ2n) is 6.47. The van der Waals surface area contributed by atoms with Gasteiger partial charge in [0.1, 0.15) is 0 Å². The normalized spacial score (nSPS) is 16.7. The van der Waals surface area contributed by atoms with Gasteiger partial charge in [-0.05, 0) is 35.9 Å². The van der Waals surface area contributed by atoms with Crippen molar-refractivity contribution in [3.8, 4) is 0 Å². The minimum atomic E-state index is -0.421. The molecule has 1 saturated heterocycles. The molecule has 0 saturated carbocycles. The van der Waals surface area contributed by atoms with Crippen molar-refractivity contribution in [3.63, 3.8) is 0 Å². The highest BCUT2D eigenvalue weighted by Crippen LogP contribution is 2.23. The number of nitrogens with two attached hydrogens (primary N) is 1. The van der Waals surface area contributed by atoms with E-state index in [0.717, 1.165) is 12.0 Å². The van der Waals surface area contributed by atoms with Gasteiger partial charge in [-0.15, -0.1) is 0 Å². The van der Waals surface area contributed by atoms with Crippen LogP contribution in [0.25, 0.3) is 0 Å². The van der Waals surface area contributed by atoms with Gasteiger partial charge < -0.3 is 10.6 Å². The van der Waals surface area contributed by atoms with Gasteiger partial charge >= 0.3 is 0 Å². The van der Waals surface area contributed by atoms with Crippen LogP contribution in [0.15, 0.2) is 48.5 Å². The first-order chi connectivity index (χ1) is 13.0. The minimum absolute atomic E-state index is 0.175. The van der Waals surface area contributed by atoms with Crippen molar-refractivity contribution in [1.29, 1.82) is 0 Å². The molecule has 1 aliphatic heterocycles. The smallest absolute Gasteiger partial charge is 0.292 e. The van der Waals surface area contributed by atoms with Crippen LogP contribution in [0.3, 0.4) is 0 Å². The van der Waals surface area contributed by atoms with E-state index in [2.05, 4.69) is 5.32 Å². The number of rotatable bonds is 6. The van der Waals surface area contributed by atoms with Gasteiger partial charge in [0.2, 0.25) is 11.8 Å². The van der Waals surface area contributed by atoms with Gasteiger partial charge in [0.15, 0.2) is 6.04 Å². The van der Waals surface area contributed by atoms with Crippen LogP contribution < -0.4 is 15.5 Å². The Bertz CT molecular complexity index is 867. The van der Waals surface area contributed by atoms with Gasteiger partial charge in [-0.1, -0.05) is 29.8 Å². The van der Waals surface area contributed by atoms with Gasteiger partial charge in [-0.3, -0.25) is 14.4 Å². The van der Waals surface area contributed by atoms with Gasteiger partial charge in [0.05, 0.1) is 18.7 Å². The van der Waals surface area contributed by atoms with E-state index in [4.69, 9.17) is 11.6 Å².